The Balaban J connectivity index is 0.000000591. The predicted molar refractivity (Wildman–Crippen MR) is 159 cm³/mol. The van der Waals surface area contributed by atoms with Gasteiger partial charge >= 0.3 is 12.1 Å². The minimum Gasteiger partial charge on any atom is -0.496 e. The van der Waals surface area contributed by atoms with Gasteiger partial charge in [0.2, 0.25) is 5.91 Å². The van der Waals surface area contributed by atoms with Crippen LogP contribution in [-0.2, 0) is 32.7 Å². The zero-order valence-corrected chi connectivity index (χ0v) is 25.7. The highest BCUT2D eigenvalue weighted by molar-refractivity contribution is 7.94. The number of ether oxygens (including phenoxy) is 1. The molecule has 0 spiro atoms. The second-order valence-electron chi connectivity index (χ2n) is 9.66. The number of nitrogens with one attached hydrogen (secondary N) is 3. The van der Waals surface area contributed by atoms with Crippen molar-refractivity contribution in [2.45, 2.75) is 42.1 Å². The highest BCUT2D eigenvalue weighted by atomic mass is 35.5. The average molecular weight is 692 g/mol. The molecule has 1 aliphatic rings. The van der Waals surface area contributed by atoms with Gasteiger partial charge in [-0.1, -0.05) is 41.9 Å². The topological polar surface area (TPSA) is 152 Å². The summed E-state index contributed by atoms with van der Waals surface area (Å²) in [6.45, 7) is 0.824. The third-order valence-corrected chi connectivity index (χ3v) is 9.49. The number of carbonyl (C=O) groups excluding carboxylic acids is 1. The third-order valence-electron chi connectivity index (χ3n) is 6.43. The van der Waals surface area contributed by atoms with Gasteiger partial charge in [0, 0.05) is 19.5 Å². The van der Waals surface area contributed by atoms with Crippen LogP contribution in [-0.4, -0.2) is 67.2 Å². The number of halogens is 5. The Kier molecular flexibility index (Phi) is 10.6. The van der Waals surface area contributed by atoms with Gasteiger partial charge in [-0.25, -0.2) is 17.6 Å². The molecule has 2 atom stereocenters. The number of alkyl halides is 4. The lowest BCUT2D eigenvalue weighted by Gasteiger charge is -2.12. The molecule has 3 heterocycles. The number of nitrogens with zero attached hydrogens (tertiary/aromatic N) is 2. The first-order valence-electron chi connectivity index (χ1n) is 13.0. The van der Waals surface area contributed by atoms with Crippen LogP contribution in [0.2, 0.25) is 4.34 Å². The van der Waals surface area contributed by atoms with E-state index in [1.54, 1.807) is 10.7 Å². The first-order valence-corrected chi connectivity index (χ1v) is 15.7. The second-order valence-corrected chi connectivity index (χ2v) is 13.3. The number of carboxylic acids is 1. The minimum absolute atomic E-state index is 0.0738. The van der Waals surface area contributed by atoms with Crippen molar-refractivity contribution in [1.82, 2.24) is 20.4 Å². The number of anilines is 1. The SMILES string of the molecule is COc1cccc2c1c(NS(=O)(=O)c1ccc(Cl)s1)nn2Cc1cccc(CNC(=O)[C@@H]2C[C@H](F)CN2)c1.O=C(O)C(F)(F)F. The fourth-order valence-corrected chi connectivity index (χ4v) is 6.89. The number of sulfonamides is 1. The lowest BCUT2D eigenvalue weighted by atomic mass is 10.1. The van der Waals surface area contributed by atoms with Gasteiger partial charge in [-0.3, -0.25) is 14.2 Å². The molecule has 4 aromatic rings. The first-order chi connectivity index (χ1) is 21.2. The minimum atomic E-state index is -5.08. The predicted octanol–water partition coefficient (Wildman–Crippen LogP) is 4.56. The van der Waals surface area contributed by atoms with Crippen molar-refractivity contribution in [1.29, 1.82) is 0 Å². The lowest BCUT2D eigenvalue weighted by molar-refractivity contribution is -0.192. The highest BCUT2D eigenvalue weighted by Gasteiger charge is 2.38. The van der Waals surface area contributed by atoms with Crippen LogP contribution in [0.1, 0.15) is 17.5 Å². The van der Waals surface area contributed by atoms with E-state index in [9.17, 15) is 30.8 Å². The van der Waals surface area contributed by atoms with Crippen molar-refractivity contribution in [3.05, 3.63) is 70.1 Å². The van der Waals surface area contributed by atoms with Crippen LogP contribution in [0.5, 0.6) is 5.75 Å². The van der Waals surface area contributed by atoms with E-state index in [1.807, 2.05) is 36.4 Å². The number of methoxy groups -OCH3 is 1. The molecule has 18 heteroatoms. The van der Waals surface area contributed by atoms with Gasteiger partial charge in [-0.2, -0.15) is 18.3 Å². The number of aliphatic carboxylic acids is 1. The molecule has 0 unspecified atom stereocenters. The van der Waals surface area contributed by atoms with Crippen molar-refractivity contribution in [3.63, 3.8) is 0 Å². The van der Waals surface area contributed by atoms with Crippen LogP contribution in [0.4, 0.5) is 23.4 Å². The van der Waals surface area contributed by atoms with E-state index in [4.69, 9.17) is 26.2 Å². The van der Waals surface area contributed by atoms with Gasteiger partial charge in [0.1, 0.15) is 16.1 Å². The summed E-state index contributed by atoms with van der Waals surface area (Å²) in [5, 5.41) is 18.0. The van der Waals surface area contributed by atoms with E-state index < -0.39 is 34.4 Å². The van der Waals surface area contributed by atoms with Crippen molar-refractivity contribution in [3.8, 4) is 5.75 Å². The number of hydrogen-bond acceptors (Lipinski definition) is 8. The number of benzene rings is 2. The van der Waals surface area contributed by atoms with Crippen LogP contribution in [0.3, 0.4) is 0 Å². The molecule has 1 fully saturated rings. The molecule has 2 aromatic heterocycles. The molecule has 1 amide bonds. The molecule has 5 rings (SSSR count). The molecule has 0 aliphatic carbocycles. The molecule has 45 heavy (non-hydrogen) atoms. The zero-order chi connectivity index (χ0) is 32.9. The number of carbonyl (C=O) groups is 2. The zero-order valence-electron chi connectivity index (χ0n) is 23.3. The molecule has 0 bridgehead atoms. The summed E-state index contributed by atoms with van der Waals surface area (Å²) in [6, 6.07) is 15.4. The number of fused-ring (bicyclic) bond motifs is 1. The molecule has 242 valence electrons. The normalized spacial score (nSPS) is 16.6. The number of amides is 1. The van der Waals surface area contributed by atoms with Gasteiger partial charge in [-0.15, -0.1) is 11.3 Å². The molecule has 1 saturated heterocycles. The van der Waals surface area contributed by atoms with Crippen LogP contribution >= 0.6 is 22.9 Å². The van der Waals surface area contributed by atoms with Crippen LogP contribution in [0, 0.1) is 0 Å². The maximum absolute atomic E-state index is 13.4. The Labute approximate surface area is 263 Å². The summed E-state index contributed by atoms with van der Waals surface area (Å²) in [4.78, 5) is 21.2. The number of carboxylic acid groups (broad SMARTS) is 1. The van der Waals surface area contributed by atoms with Crippen LogP contribution in [0.25, 0.3) is 10.9 Å². The van der Waals surface area contributed by atoms with E-state index in [0.717, 1.165) is 22.5 Å². The van der Waals surface area contributed by atoms with Crippen molar-refractivity contribution in [2.24, 2.45) is 0 Å². The summed E-state index contributed by atoms with van der Waals surface area (Å²) in [5.41, 5.74) is 2.44. The van der Waals surface area contributed by atoms with E-state index in [1.165, 1.54) is 19.2 Å². The smallest absolute Gasteiger partial charge is 0.490 e. The van der Waals surface area contributed by atoms with Gasteiger partial charge < -0.3 is 20.5 Å². The van der Waals surface area contributed by atoms with Crippen LogP contribution in [0.15, 0.2) is 58.8 Å². The summed E-state index contributed by atoms with van der Waals surface area (Å²) in [5.74, 6) is -2.37. The summed E-state index contributed by atoms with van der Waals surface area (Å²) >= 11 is 6.89. The highest BCUT2D eigenvalue weighted by Crippen LogP contribution is 2.35. The maximum Gasteiger partial charge on any atom is 0.490 e. The number of aromatic nitrogens is 2. The Bertz CT molecular complexity index is 1800. The monoisotopic (exact) mass is 691 g/mol. The molecule has 1 aliphatic heterocycles. The Hall–Kier alpha value is -3.93. The fraction of sp³-hybridized carbons (Fsp3) is 0.296. The molecule has 2 aromatic carbocycles. The maximum atomic E-state index is 13.4. The van der Waals surface area contributed by atoms with Crippen LogP contribution < -0.4 is 20.1 Å². The van der Waals surface area contributed by atoms with Gasteiger partial charge in [-0.05, 0) is 35.4 Å². The number of rotatable bonds is 9. The number of thiophene rings is 1. The van der Waals surface area contributed by atoms with E-state index in [2.05, 4.69) is 20.5 Å². The molecular weight excluding hydrogens is 666 g/mol. The Morgan fingerprint density at radius 2 is 1.87 bits per heavy atom. The standard InChI is InChI=1S/C25H25ClFN5O4S2.C2HF3O2/c1-36-20-7-3-6-19-23(20)24(31-38(34,35)22-9-8-21(26)37-22)30-32(19)14-16-5-2-4-15(10-16)12-29-25(33)18-11-17(27)13-28-18;3-2(4,5)1(6)7/h2-10,17-18,28H,11-14H2,1H3,(H,29,33)(H,30,31);(H,6,7)/t17-,18-;/m0./s1. The Morgan fingerprint density at radius 1 is 1.18 bits per heavy atom. The van der Waals surface area contributed by atoms with Crippen molar-refractivity contribution < 1.29 is 45.4 Å². The fourth-order valence-electron chi connectivity index (χ4n) is 4.39. The Morgan fingerprint density at radius 3 is 2.47 bits per heavy atom. The number of hydrogen-bond donors (Lipinski definition) is 4. The summed E-state index contributed by atoms with van der Waals surface area (Å²) in [6.07, 6.45) is -5.91. The molecule has 11 nitrogen and oxygen atoms in total. The summed E-state index contributed by atoms with van der Waals surface area (Å²) < 4.78 is 81.3. The second kappa shape index (κ2) is 14.0. The molecule has 0 saturated carbocycles. The third kappa shape index (κ3) is 8.62. The summed E-state index contributed by atoms with van der Waals surface area (Å²) in [7, 11) is -2.41. The lowest BCUT2D eigenvalue weighted by Crippen LogP contribution is -2.40. The first kappa shape index (κ1) is 34.0. The molecule has 0 radical (unpaired) electrons. The van der Waals surface area contributed by atoms with Gasteiger partial charge in [0.05, 0.1) is 34.9 Å². The average Bonchev–Trinajstić information content (AvgIpc) is 3.71. The molecular formula is C27H26ClF4N5O6S2. The van der Waals surface area contributed by atoms with E-state index >= 15 is 0 Å². The van der Waals surface area contributed by atoms with E-state index in [-0.39, 0.29) is 28.9 Å². The van der Waals surface area contributed by atoms with Crippen molar-refractivity contribution in [2.75, 3.05) is 18.4 Å². The quantitative estimate of drug-likeness (QED) is 0.187. The van der Waals surface area contributed by atoms with Crippen molar-refractivity contribution >= 4 is 61.6 Å². The largest absolute Gasteiger partial charge is 0.496 e. The van der Waals surface area contributed by atoms with Gasteiger partial charge in [0.15, 0.2) is 5.82 Å². The van der Waals surface area contributed by atoms with Gasteiger partial charge in [0.25, 0.3) is 10.0 Å². The molecule has 4 N–H and O–H groups in total. The van der Waals surface area contributed by atoms with E-state index in [0.29, 0.717) is 34.1 Å².